The van der Waals surface area contributed by atoms with Gasteiger partial charge in [-0.05, 0) is 25.7 Å². The summed E-state index contributed by atoms with van der Waals surface area (Å²) in [5.41, 5.74) is 5.84. The molecule has 0 aliphatic heterocycles. The van der Waals surface area contributed by atoms with Crippen molar-refractivity contribution in [3.05, 3.63) is 11.6 Å². The van der Waals surface area contributed by atoms with E-state index in [1.807, 2.05) is 0 Å². The monoisotopic (exact) mass is 208 g/mol. The molecule has 0 unspecified atom stereocenters. The van der Waals surface area contributed by atoms with Crippen LogP contribution in [0.5, 0.6) is 0 Å². The second kappa shape index (κ2) is 3.93. The highest BCUT2D eigenvalue weighted by Gasteiger charge is 2.34. The third kappa shape index (κ3) is 1.78. The first-order valence-corrected chi connectivity index (χ1v) is 5.88. The fourth-order valence-electron chi connectivity index (χ4n) is 2.00. The zero-order valence-electron chi connectivity index (χ0n) is 9.58. The van der Waals surface area contributed by atoms with Crippen LogP contribution in [-0.4, -0.2) is 21.7 Å². The third-order valence-electron chi connectivity index (χ3n) is 3.69. The maximum absolute atomic E-state index is 5.87. The van der Waals surface area contributed by atoms with E-state index in [2.05, 4.69) is 29.0 Å². The van der Waals surface area contributed by atoms with Crippen LogP contribution in [0.15, 0.2) is 0 Å². The number of aromatic amines is 1. The number of H-pyrrole nitrogens is 1. The van der Waals surface area contributed by atoms with Gasteiger partial charge >= 0.3 is 0 Å². The Balaban J connectivity index is 2.24. The molecule has 2 rings (SSSR count). The molecule has 3 N–H and O–H groups in total. The van der Waals surface area contributed by atoms with Gasteiger partial charge in [-0.2, -0.15) is 5.10 Å². The molecule has 0 saturated heterocycles. The summed E-state index contributed by atoms with van der Waals surface area (Å²) < 4.78 is 0. The summed E-state index contributed by atoms with van der Waals surface area (Å²) in [4.78, 5) is 4.61. The van der Waals surface area contributed by atoms with Crippen LogP contribution in [0.25, 0.3) is 0 Å². The lowest BCUT2D eigenvalue weighted by Gasteiger charge is -2.26. The predicted octanol–water partition coefficient (Wildman–Crippen LogP) is 1.70. The van der Waals surface area contributed by atoms with Gasteiger partial charge in [-0.3, -0.25) is 5.10 Å². The van der Waals surface area contributed by atoms with E-state index < -0.39 is 0 Å². The van der Waals surface area contributed by atoms with Crippen LogP contribution in [-0.2, 0) is 5.41 Å². The maximum Gasteiger partial charge on any atom is 0.158 e. The van der Waals surface area contributed by atoms with Crippen LogP contribution in [0.1, 0.15) is 57.1 Å². The lowest BCUT2D eigenvalue weighted by molar-refractivity contribution is 0.383. The molecule has 1 aliphatic carbocycles. The number of rotatable bonds is 5. The summed E-state index contributed by atoms with van der Waals surface area (Å²) in [5, 5.41) is 7.41. The minimum absolute atomic E-state index is 0.0242. The van der Waals surface area contributed by atoms with Crippen LogP contribution in [0.4, 0.5) is 0 Å². The molecule has 0 atom stereocenters. The van der Waals surface area contributed by atoms with Gasteiger partial charge in [-0.25, -0.2) is 4.98 Å². The van der Waals surface area contributed by atoms with Crippen molar-refractivity contribution in [3.8, 4) is 0 Å². The fourth-order valence-corrected chi connectivity index (χ4v) is 2.00. The van der Waals surface area contributed by atoms with Gasteiger partial charge < -0.3 is 5.73 Å². The molecule has 1 fully saturated rings. The molecule has 0 aromatic carbocycles. The number of aromatic nitrogens is 3. The molecule has 1 aromatic heterocycles. The first kappa shape index (κ1) is 10.6. The van der Waals surface area contributed by atoms with Crippen molar-refractivity contribution >= 4 is 0 Å². The molecule has 4 nitrogen and oxygen atoms in total. The predicted molar refractivity (Wildman–Crippen MR) is 59.7 cm³/mol. The van der Waals surface area contributed by atoms with Crippen molar-refractivity contribution in [2.75, 3.05) is 6.54 Å². The first-order chi connectivity index (χ1) is 7.25. The second-order valence-corrected chi connectivity index (χ2v) is 4.51. The Hall–Kier alpha value is -0.900. The van der Waals surface area contributed by atoms with E-state index in [0.717, 1.165) is 24.5 Å². The van der Waals surface area contributed by atoms with E-state index in [1.165, 1.54) is 12.8 Å². The standard InChI is InChI=1S/C11H20N4/c1-3-11(4-2,7-12)10-13-9(14-15-10)8-5-6-8/h8H,3-7,12H2,1-2H3,(H,13,14,15). The average molecular weight is 208 g/mol. The van der Waals surface area contributed by atoms with Crippen molar-refractivity contribution in [2.24, 2.45) is 5.73 Å². The molecule has 0 spiro atoms. The summed E-state index contributed by atoms with van der Waals surface area (Å²) in [6, 6.07) is 0. The molecule has 4 heteroatoms. The van der Waals surface area contributed by atoms with Gasteiger partial charge in [0, 0.05) is 17.9 Å². The number of hydrogen-bond donors (Lipinski definition) is 2. The van der Waals surface area contributed by atoms with Crippen LogP contribution in [0.2, 0.25) is 0 Å². The van der Waals surface area contributed by atoms with Crippen molar-refractivity contribution in [1.82, 2.24) is 15.2 Å². The van der Waals surface area contributed by atoms with E-state index in [-0.39, 0.29) is 5.41 Å². The maximum atomic E-state index is 5.87. The normalized spacial score (nSPS) is 17.0. The molecule has 84 valence electrons. The van der Waals surface area contributed by atoms with Crippen LogP contribution >= 0.6 is 0 Å². The fraction of sp³-hybridized carbons (Fsp3) is 0.818. The molecular weight excluding hydrogens is 188 g/mol. The first-order valence-electron chi connectivity index (χ1n) is 5.88. The molecule has 1 aromatic rings. The van der Waals surface area contributed by atoms with Crippen molar-refractivity contribution < 1.29 is 0 Å². The van der Waals surface area contributed by atoms with Crippen LogP contribution in [0.3, 0.4) is 0 Å². The SMILES string of the molecule is CCC(CC)(CN)c1n[nH]c(C2CC2)n1. The zero-order valence-corrected chi connectivity index (χ0v) is 9.58. The Morgan fingerprint density at radius 2 is 2.07 bits per heavy atom. The summed E-state index contributed by atoms with van der Waals surface area (Å²) >= 11 is 0. The molecule has 0 radical (unpaired) electrons. The molecule has 1 aliphatic rings. The lowest BCUT2D eigenvalue weighted by atomic mass is 9.82. The number of nitrogens with one attached hydrogen (secondary N) is 1. The van der Waals surface area contributed by atoms with Gasteiger partial charge in [-0.1, -0.05) is 13.8 Å². The van der Waals surface area contributed by atoms with Gasteiger partial charge in [0.2, 0.25) is 0 Å². The number of nitrogens with two attached hydrogens (primary N) is 1. The largest absolute Gasteiger partial charge is 0.329 e. The lowest BCUT2D eigenvalue weighted by Crippen LogP contribution is -2.35. The minimum atomic E-state index is -0.0242. The highest BCUT2D eigenvalue weighted by molar-refractivity contribution is 5.12. The smallest absolute Gasteiger partial charge is 0.158 e. The van der Waals surface area contributed by atoms with Gasteiger partial charge in [0.15, 0.2) is 5.82 Å². The van der Waals surface area contributed by atoms with Gasteiger partial charge in [0.1, 0.15) is 5.82 Å². The highest BCUT2D eigenvalue weighted by Crippen LogP contribution is 2.39. The Morgan fingerprint density at radius 1 is 1.40 bits per heavy atom. The van der Waals surface area contributed by atoms with Crippen molar-refractivity contribution in [3.63, 3.8) is 0 Å². The molecule has 15 heavy (non-hydrogen) atoms. The number of hydrogen-bond acceptors (Lipinski definition) is 3. The van der Waals surface area contributed by atoms with Gasteiger partial charge in [-0.15, -0.1) is 0 Å². The van der Waals surface area contributed by atoms with E-state index in [0.29, 0.717) is 12.5 Å². The highest BCUT2D eigenvalue weighted by atomic mass is 15.2. The van der Waals surface area contributed by atoms with Crippen LogP contribution < -0.4 is 5.73 Å². The van der Waals surface area contributed by atoms with Crippen LogP contribution in [0, 0.1) is 0 Å². The molecule has 0 amide bonds. The second-order valence-electron chi connectivity index (χ2n) is 4.51. The summed E-state index contributed by atoms with van der Waals surface area (Å²) in [6.45, 7) is 4.94. The summed E-state index contributed by atoms with van der Waals surface area (Å²) in [6.07, 6.45) is 4.51. The van der Waals surface area contributed by atoms with E-state index in [1.54, 1.807) is 0 Å². The zero-order chi connectivity index (χ0) is 10.9. The third-order valence-corrected chi connectivity index (χ3v) is 3.69. The molecule has 1 saturated carbocycles. The van der Waals surface area contributed by atoms with Gasteiger partial charge in [0.25, 0.3) is 0 Å². The van der Waals surface area contributed by atoms with Crippen molar-refractivity contribution in [1.29, 1.82) is 0 Å². The topological polar surface area (TPSA) is 67.6 Å². The van der Waals surface area contributed by atoms with Crippen molar-refractivity contribution in [2.45, 2.75) is 50.9 Å². The Kier molecular flexibility index (Phi) is 2.78. The molecule has 0 bridgehead atoms. The Morgan fingerprint density at radius 3 is 2.53 bits per heavy atom. The van der Waals surface area contributed by atoms with E-state index in [9.17, 15) is 0 Å². The quantitative estimate of drug-likeness (QED) is 0.774. The van der Waals surface area contributed by atoms with E-state index >= 15 is 0 Å². The summed E-state index contributed by atoms with van der Waals surface area (Å²) in [7, 11) is 0. The Labute approximate surface area is 90.7 Å². The molecule has 1 heterocycles. The van der Waals surface area contributed by atoms with E-state index in [4.69, 9.17) is 5.73 Å². The average Bonchev–Trinajstić information content (AvgIpc) is 3.02. The summed E-state index contributed by atoms with van der Waals surface area (Å²) in [5.74, 6) is 2.61. The Bertz CT molecular complexity index is 315. The van der Waals surface area contributed by atoms with Gasteiger partial charge in [0.05, 0.1) is 0 Å². The number of nitrogens with zero attached hydrogens (tertiary/aromatic N) is 2. The molecular formula is C11H20N4. The minimum Gasteiger partial charge on any atom is -0.329 e.